The third kappa shape index (κ3) is 1.52. The summed E-state index contributed by atoms with van der Waals surface area (Å²) < 4.78 is 38.1. The fourth-order valence-electron chi connectivity index (χ4n) is 1.10. The van der Waals surface area contributed by atoms with Crippen molar-refractivity contribution >= 4 is 11.3 Å². The van der Waals surface area contributed by atoms with Gasteiger partial charge in [-0.2, -0.15) is 29.6 Å². The molecule has 0 atom stereocenters. The van der Waals surface area contributed by atoms with E-state index in [0.29, 0.717) is 5.69 Å². The lowest BCUT2D eigenvalue weighted by atomic mass is 10.4. The first kappa shape index (κ1) is 9.26. The van der Waals surface area contributed by atoms with Gasteiger partial charge < -0.3 is 0 Å². The van der Waals surface area contributed by atoms with E-state index in [4.69, 9.17) is 0 Å². The number of nitrogens with zero attached hydrogens (tertiary/aromatic N) is 2. The van der Waals surface area contributed by atoms with E-state index in [1.54, 1.807) is 16.8 Å². The van der Waals surface area contributed by atoms with Gasteiger partial charge in [-0.15, -0.1) is 0 Å². The first-order valence-electron chi connectivity index (χ1n) is 3.73. The minimum Gasteiger partial charge on any atom is -0.228 e. The lowest BCUT2D eigenvalue weighted by Gasteiger charge is -2.08. The van der Waals surface area contributed by atoms with E-state index in [0.717, 1.165) is 16.9 Å². The maximum absolute atomic E-state index is 12.4. The molecule has 0 aliphatic carbocycles. The summed E-state index contributed by atoms with van der Waals surface area (Å²) in [6, 6.07) is 2.55. The first-order valence-corrected chi connectivity index (χ1v) is 4.67. The van der Waals surface area contributed by atoms with Crippen LogP contribution < -0.4 is 0 Å². The van der Waals surface area contributed by atoms with Crippen LogP contribution in [0.25, 0.3) is 5.69 Å². The standard InChI is InChI=1S/C8H5F3N2S/c9-8(10,11)7-1-3-12-13(7)6-2-4-14-5-6/h1-5H. The summed E-state index contributed by atoms with van der Waals surface area (Å²) in [4.78, 5) is 0. The average Bonchev–Trinajstić information content (AvgIpc) is 2.73. The summed E-state index contributed by atoms with van der Waals surface area (Å²) in [6.07, 6.45) is -3.22. The van der Waals surface area contributed by atoms with Crippen molar-refractivity contribution in [3.05, 3.63) is 34.8 Å². The molecule has 0 amide bonds. The molecule has 0 fully saturated rings. The van der Waals surface area contributed by atoms with Crippen molar-refractivity contribution in [2.45, 2.75) is 6.18 Å². The summed E-state index contributed by atoms with van der Waals surface area (Å²) in [5.74, 6) is 0. The van der Waals surface area contributed by atoms with Crippen LogP contribution in [0.3, 0.4) is 0 Å². The molecule has 0 aliphatic heterocycles. The Hall–Kier alpha value is -1.30. The van der Waals surface area contributed by atoms with Crippen LogP contribution in [0.5, 0.6) is 0 Å². The van der Waals surface area contributed by atoms with Crippen LogP contribution in [0.15, 0.2) is 29.1 Å². The summed E-state index contributed by atoms with van der Waals surface area (Å²) in [7, 11) is 0. The van der Waals surface area contributed by atoms with Gasteiger partial charge in [-0.3, -0.25) is 0 Å². The zero-order valence-electron chi connectivity index (χ0n) is 6.82. The molecule has 0 saturated carbocycles. The number of hydrogen-bond donors (Lipinski definition) is 0. The number of thiophene rings is 1. The van der Waals surface area contributed by atoms with E-state index < -0.39 is 11.9 Å². The van der Waals surface area contributed by atoms with Crippen LogP contribution in [0.2, 0.25) is 0 Å². The highest BCUT2D eigenvalue weighted by molar-refractivity contribution is 7.08. The predicted molar refractivity (Wildman–Crippen MR) is 46.4 cm³/mol. The Morgan fingerprint density at radius 1 is 1.29 bits per heavy atom. The Kier molecular flexibility index (Phi) is 2.07. The summed E-state index contributed by atoms with van der Waals surface area (Å²) in [5, 5.41) is 6.95. The van der Waals surface area contributed by atoms with Gasteiger partial charge in [-0.1, -0.05) is 0 Å². The van der Waals surface area contributed by atoms with Gasteiger partial charge in [-0.05, 0) is 17.5 Å². The Morgan fingerprint density at radius 3 is 2.64 bits per heavy atom. The molecule has 2 rings (SSSR count). The summed E-state index contributed by atoms with van der Waals surface area (Å²) >= 11 is 1.33. The molecule has 0 spiro atoms. The van der Waals surface area contributed by atoms with E-state index in [1.807, 2.05) is 0 Å². The second kappa shape index (κ2) is 3.13. The molecule has 0 N–H and O–H groups in total. The van der Waals surface area contributed by atoms with Crippen LogP contribution in [0.4, 0.5) is 13.2 Å². The maximum atomic E-state index is 12.4. The molecule has 0 saturated heterocycles. The molecular weight excluding hydrogens is 213 g/mol. The lowest BCUT2D eigenvalue weighted by Crippen LogP contribution is -2.12. The maximum Gasteiger partial charge on any atom is 0.433 e. The zero-order valence-corrected chi connectivity index (χ0v) is 7.64. The monoisotopic (exact) mass is 218 g/mol. The minimum atomic E-state index is -4.36. The molecule has 2 nitrogen and oxygen atoms in total. The van der Waals surface area contributed by atoms with Crippen molar-refractivity contribution in [2.75, 3.05) is 0 Å². The minimum absolute atomic E-state index is 0.437. The van der Waals surface area contributed by atoms with Gasteiger partial charge in [-0.25, -0.2) is 4.68 Å². The molecule has 6 heteroatoms. The molecule has 2 aromatic rings. The summed E-state index contributed by atoms with van der Waals surface area (Å²) in [6.45, 7) is 0. The number of rotatable bonds is 1. The Morgan fingerprint density at radius 2 is 2.07 bits per heavy atom. The fourth-order valence-corrected chi connectivity index (χ4v) is 1.72. The second-order valence-electron chi connectivity index (χ2n) is 2.61. The van der Waals surface area contributed by atoms with Gasteiger partial charge in [0.1, 0.15) is 5.69 Å². The molecule has 74 valence electrons. The first-order chi connectivity index (χ1) is 6.59. The molecule has 0 unspecified atom stereocenters. The molecule has 0 aliphatic rings. The fraction of sp³-hybridized carbons (Fsp3) is 0.125. The highest BCUT2D eigenvalue weighted by Crippen LogP contribution is 2.30. The van der Waals surface area contributed by atoms with Crippen LogP contribution >= 0.6 is 11.3 Å². The second-order valence-corrected chi connectivity index (χ2v) is 3.39. The van der Waals surface area contributed by atoms with Crippen molar-refractivity contribution < 1.29 is 13.2 Å². The number of hydrogen-bond acceptors (Lipinski definition) is 2. The number of halogens is 3. The van der Waals surface area contributed by atoms with Crippen molar-refractivity contribution in [1.29, 1.82) is 0 Å². The Labute approximate surface area is 81.6 Å². The third-order valence-electron chi connectivity index (χ3n) is 1.68. The van der Waals surface area contributed by atoms with Crippen LogP contribution in [-0.2, 0) is 6.18 Å². The smallest absolute Gasteiger partial charge is 0.228 e. The molecule has 0 aromatic carbocycles. The van der Waals surface area contributed by atoms with Gasteiger partial charge in [0.25, 0.3) is 0 Å². The molecule has 0 bridgehead atoms. The van der Waals surface area contributed by atoms with Gasteiger partial charge in [0.05, 0.1) is 11.9 Å². The average molecular weight is 218 g/mol. The van der Waals surface area contributed by atoms with Crippen LogP contribution in [-0.4, -0.2) is 9.78 Å². The number of aromatic nitrogens is 2. The SMILES string of the molecule is FC(F)(F)c1ccnn1-c1ccsc1. The van der Waals surface area contributed by atoms with E-state index in [-0.39, 0.29) is 0 Å². The van der Waals surface area contributed by atoms with E-state index in [2.05, 4.69) is 5.10 Å². The van der Waals surface area contributed by atoms with Crippen LogP contribution in [0, 0.1) is 0 Å². The van der Waals surface area contributed by atoms with Gasteiger partial charge in [0, 0.05) is 5.38 Å². The Balaban J connectivity index is 2.51. The predicted octanol–water partition coefficient (Wildman–Crippen LogP) is 2.95. The number of alkyl halides is 3. The van der Waals surface area contributed by atoms with Crippen molar-refractivity contribution in [1.82, 2.24) is 9.78 Å². The topological polar surface area (TPSA) is 17.8 Å². The lowest BCUT2D eigenvalue weighted by molar-refractivity contribution is -0.142. The molecule has 14 heavy (non-hydrogen) atoms. The summed E-state index contributed by atoms with van der Waals surface area (Å²) in [5.41, 5.74) is -0.316. The van der Waals surface area contributed by atoms with Gasteiger partial charge >= 0.3 is 6.18 Å². The molecule has 2 heterocycles. The van der Waals surface area contributed by atoms with Crippen LogP contribution in [0.1, 0.15) is 5.69 Å². The normalized spacial score (nSPS) is 11.9. The Bertz CT molecular complexity index is 416. The molecular formula is C8H5F3N2S. The highest BCUT2D eigenvalue weighted by atomic mass is 32.1. The van der Waals surface area contributed by atoms with Gasteiger partial charge in [0.2, 0.25) is 0 Å². The van der Waals surface area contributed by atoms with Crippen molar-refractivity contribution in [3.8, 4) is 5.69 Å². The van der Waals surface area contributed by atoms with E-state index >= 15 is 0 Å². The largest absolute Gasteiger partial charge is 0.433 e. The highest BCUT2D eigenvalue weighted by Gasteiger charge is 2.35. The van der Waals surface area contributed by atoms with E-state index in [9.17, 15) is 13.2 Å². The molecule has 0 radical (unpaired) electrons. The van der Waals surface area contributed by atoms with Crippen molar-refractivity contribution in [3.63, 3.8) is 0 Å². The van der Waals surface area contributed by atoms with E-state index in [1.165, 1.54) is 11.3 Å². The zero-order chi connectivity index (χ0) is 10.2. The van der Waals surface area contributed by atoms with Crippen molar-refractivity contribution in [2.24, 2.45) is 0 Å². The third-order valence-corrected chi connectivity index (χ3v) is 2.35. The molecule has 2 aromatic heterocycles. The van der Waals surface area contributed by atoms with Gasteiger partial charge in [0.15, 0.2) is 0 Å². The quantitative estimate of drug-likeness (QED) is 0.719.